The van der Waals surface area contributed by atoms with E-state index in [0.29, 0.717) is 16.1 Å². The van der Waals surface area contributed by atoms with Gasteiger partial charge in [-0.1, -0.05) is 24.3 Å². The molecule has 0 unspecified atom stereocenters. The molecule has 5 heteroatoms. The van der Waals surface area contributed by atoms with Crippen LogP contribution in [0, 0.1) is 11.6 Å². The van der Waals surface area contributed by atoms with Gasteiger partial charge in [-0.2, -0.15) is 0 Å². The highest BCUT2D eigenvalue weighted by Gasteiger charge is 2.15. The number of carbonyl (C=O) groups is 1. The third-order valence-corrected chi connectivity index (χ3v) is 4.70. The number of aldehydes is 1. The van der Waals surface area contributed by atoms with Gasteiger partial charge in [0.05, 0.1) is 0 Å². The van der Waals surface area contributed by atoms with Gasteiger partial charge in [0.25, 0.3) is 0 Å². The minimum atomic E-state index is -0.589. The largest absolute Gasteiger partial charge is 0.301 e. The van der Waals surface area contributed by atoms with E-state index in [4.69, 9.17) is 0 Å². The van der Waals surface area contributed by atoms with E-state index in [1.165, 1.54) is 12.1 Å². The molecule has 0 bridgehead atoms. The van der Waals surface area contributed by atoms with Crippen LogP contribution in [0.3, 0.4) is 0 Å². The average Bonchev–Trinajstić information content (AvgIpc) is 2.42. The zero-order valence-corrected chi connectivity index (χ0v) is 11.4. The van der Waals surface area contributed by atoms with Gasteiger partial charge >= 0.3 is 0 Å². The number of hydrogen-bond acceptors (Lipinski definition) is 3. The van der Waals surface area contributed by atoms with E-state index in [-0.39, 0.29) is 11.6 Å². The molecule has 2 aromatic rings. The van der Waals surface area contributed by atoms with Gasteiger partial charge in [0.2, 0.25) is 0 Å². The van der Waals surface area contributed by atoms with Gasteiger partial charge in [0.1, 0.15) is 22.5 Å². The highest BCUT2D eigenvalue weighted by molar-refractivity contribution is 8.18. The van der Waals surface area contributed by atoms with Crippen LogP contribution >= 0.6 is 23.5 Å². The Morgan fingerprint density at radius 2 is 1.26 bits per heavy atom. The third-order valence-electron chi connectivity index (χ3n) is 2.27. The molecule has 0 spiro atoms. The van der Waals surface area contributed by atoms with Crippen LogP contribution in [0.1, 0.15) is 0 Å². The maximum Gasteiger partial charge on any atom is 0.143 e. The van der Waals surface area contributed by atoms with Crippen LogP contribution in [-0.2, 0) is 4.79 Å². The van der Waals surface area contributed by atoms with Crippen LogP contribution < -0.4 is 0 Å². The summed E-state index contributed by atoms with van der Waals surface area (Å²) < 4.78 is 26.4. The van der Waals surface area contributed by atoms with Crippen LogP contribution in [0.15, 0.2) is 58.3 Å². The fourth-order valence-electron chi connectivity index (χ4n) is 1.41. The lowest BCUT2D eigenvalue weighted by atomic mass is 10.3. The first-order valence-electron chi connectivity index (χ1n) is 5.48. The predicted molar refractivity (Wildman–Crippen MR) is 74.4 cm³/mol. The predicted octanol–water partition coefficient (Wildman–Crippen LogP) is 4.37. The Labute approximate surface area is 118 Å². The fourth-order valence-corrected chi connectivity index (χ4v) is 3.51. The zero-order valence-electron chi connectivity index (χ0n) is 9.75. The topological polar surface area (TPSA) is 17.1 Å². The van der Waals surface area contributed by atoms with Crippen molar-refractivity contribution >= 4 is 29.8 Å². The summed E-state index contributed by atoms with van der Waals surface area (Å²) in [5.41, 5.74) is 0. The Morgan fingerprint density at radius 3 is 1.63 bits per heavy atom. The van der Waals surface area contributed by atoms with E-state index in [0.717, 1.165) is 23.5 Å². The van der Waals surface area contributed by atoms with E-state index >= 15 is 0 Å². The van der Waals surface area contributed by atoms with Crippen LogP contribution in [0.5, 0.6) is 0 Å². The highest BCUT2D eigenvalue weighted by Crippen LogP contribution is 2.36. The highest BCUT2D eigenvalue weighted by atomic mass is 32.2. The lowest BCUT2D eigenvalue weighted by Crippen LogP contribution is -1.99. The number of carbonyl (C=O) groups excluding carboxylic acids is 1. The lowest BCUT2D eigenvalue weighted by Gasteiger charge is -2.10. The number of benzene rings is 2. The molecule has 0 saturated carbocycles. The van der Waals surface area contributed by atoms with Crippen LogP contribution in [0.4, 0.5) is 8.78 Å². The van der Waals surface area contributed by atoms with Crippen molar-refractivity contribution in [1.82, 2.24) is 0 Å². The smallest absolute Gasteiger partial charge is 0.143 e. The first-order valence-corrected chi connectivity index (χ1v) is 7.24. The van der Waals surface area contributed by atoms with Crippen molar-refractivity contribution < 1.29 is 13.6 Å². The van der Waals surface area contributed by atoms with E-state index in [1.54, 1.807) is 36.4 Å². The molecule has 0 amide bonds. The second-order valence-corrected chi connectivity index (χ2v) is 6.27. The molecule has 98 valence electrons. The Balaban J connectivity index is 2.12. The van der Waals surface area contributed by atoms with Crippen molar-refractivity contribution in [2.45, 2.75) is 14.4 Å². The van der Waals surface area contributed by atoms with Crippen LogP contribution in [-0.4, -0.2) is 10.9 Å². The first-order chi connectivity index (χ1) is 9.20. The summed E-state index contributed by atoms with van der Waals surface area (Å²) >= 11 is 2.14. The van der Waals surface area contributed by atoms with Gasteiger partial charge in [-0.05, 0) is 24.3 Å². The third kappa shape index (κ3) is 3.81. The summed E-state index contributed by atoms with van der Waals surface area (Å²) in [5.74, 6) is -0.762. The Kier molecular flexibility index (Phi) is 4.99. The van der Waals surface area contributed by atoms with E-state index in [9.17, 15) is 13.6 Å². The molecule has 0 aliphatic rings. The molecule has 0 fully saturated rings. The van der Waals surface area contributed by atoms with Crippen molar-refractivity contribution in [2.24, 2.45) is 0 Å². The summed E-state index contributed by atoms with van der Waals surface area (Å²) in [6.07, 6.45) is 0.689. The number of hydrogen-bond donors (Lipinski definition) is 0. The standard InChI is InChI=1S/C14H10F2OS2/c15-10-5-1-3-7-12(10)18-14(9-17)19-13-8-4-2-6-11(13)16/h1-9,14H. The second-order valence-electron chi connectivity index (χ2n) is 3.60. The second kappa shape index (κ2) is 6.73. The molecule has 1 nitrogen and oxygen atoms in total. The van der Waals surface area contributed by atoms with Crippen LogP contribution in [0.25, 0.3) is 0 Å². The zero-order chi connectivity index (χ0) is 13.7. The fraction of sp³-hybridized carbons (Fsp3) is 0.0714. The van der Waals surface area contributed by atoms with Gasteiger partial charge in [0, 0.05) is 9.79 Å². The van der Waals surface area contributed by atoms with Crippen molar-refractivity contribution in [3.63, 3.8) is 0 Å². The van der Waals surface area contributed by atoms with Gasteiger partial charge in [-0.15, -0.1) is 23.5 Å². The van der Waals surface area contributed by atoms with Crippen molar-refractivity contribution in [1.29, 1.82) is 0 Å². The van der Waals surface area contributed by atoms with Gasteiger partial charge in [0.15, 0.2) is 0 Å². The molecule has 0 N–H and O–H groups in total. The van der Waals surface area contributed by atoms with Crippen LogP contribution in [0.2, 0.25) is 0 Å². The van der Waals surface area contributed by atoms with Crippen molar-refractivity contribution in [2.75, 3.05) is 0 Å². The van der Waals surface area contributed by atoms with E-state index < -0.39 is 4.58 Å². The van der Waals surface area contributed by atoms with Crippen molar-refractivity contribution in [3.8, 4) is 0 Å². The SMILES string of the molecule is O=CC(Sc1ccccc1F)Sc1ccccc1F. The quantitative estimate of drug-likeness (QED) is 0.463. The van der Waals surface area contributed by atoms with E-state index in [2.05, 4.69) is 0 Å². The molecule has 0 atom stereocenters. The molecular formula is C14H10F2OS2. The molecule has 0 heterocycles. The first kappa shape index (κ1) is 14.1. The van der Waals surface area contributed by atoms with Gasteiger partial charge in [-0.3, -0.25) is 0 Å². The van der Waals surface area contributed by atoms with Crippen molar-refractivity contribution in [3.05, 3.63) is 60.2 Å². The molecule has 0 aromatic heterocycles. The summed E-state index contributed by atoms with van der Waals surface area (Å²) in [7, 11) is 0. The molecular weight excluding hydrogens is 286 g/mol. The summed E-state index contributed by atoms with van der Waals surface area (Å²) in [4.78, 5) is 11.8. The number of thioether (sulfide) groups is 2. The van der Waals surface area contributed by atoms with Gasteiger partial charge in [-0.25, -0.2) is 8.78 Å². The monoisotopic (exact) mass is 296 g/mol. The minimum absolute atomic E-state index is 0.378. The maximum atomic E-state index is 13.5. The normalized spacial score (nSPS) is 10.7. The number of rotatable bonds is 5. The lowest BCUT2D eigenvalue weighted by molar-refractivity contribution is -0.106. The molecule has 2 aromatic carbocycles. The summed E-state index contributed by atoms with van der Waals surface area (Å²) in [5, 5.41) is 0. The summed E-state index contributed by atoms with van der Waals surface area (Å²) in [6.45, 7) is 0. The Hall–Kier alpha value is -1.33. The number of halogens is 2. The molecule has 0 saturated heterocycles. The molecule has 2 rings (SSSR count). The average molecular weight is 296 g/mol. The molecule has 19 heavy (non-hydrogen) atoms. The Morgan fingerprint density at radius 1 is 0.842 bits per heavy atom. The Bertz CT molecular complexity index is 527. The molecule has 0 radical (unpaired) electrons. The maximum absolute atomic E-state index is 13.5. The van der Waals surface area contributed by atoms with E-state index in [1.807, 2.05) is 0 Å². The molecule has 0 aliphatic heterocycles. The van der Waals surface area contributed by atoms with Gasteiger partial charge < -0.3 is 4.79 Å². The summed E-state index contributed by atoms with van der Waals surface area (Å²) in [6, 6.07) is 12.4. The minimum Gasteiger partial charge on any atom is -0.301 e. The molecule has 0 aliphatic carbocycles.